The third-order valence-electron chi connectivity index (χ3n) is 6.23. The highest BCUT2D eigenvalue weighted by Gasteiger charge is 2.19. The Hall–Kier alpha value is -4.01. The number of para-hydroxylation sites is 2. The van der Waals surface area contributed by atoms with Crippen molar-refractivity contribution in [2.45, 2.75) is 65.6 Å². The Kier molecular flexibility index (Phi) is 9.35. The lowest BCUT2D eigenvalue weighted by Crippen LogP contribution is -2.30. The molecule has 1 aliphatic rings. The van der Waals surface area contributed by atoms with Crippen LogP contribution < -0.4 is 11.1 Å². The van der Waals surface area contributed by atoms with E-state index in [1.807, 2.05) is 84.5 Å². The Balaban J connectivity index is 1.62. The highest BCUT2D eigenvalue weighted by Crippen LogP contribution is 2.20. The van der Waals surface area contributed by atoms with Gasteiger partial charge in [0, 0.05) is 12.1 Å². The van der Waals surface area contributed by atoms with Crippen LogP contribution in [0.5, 0.6) is 0 Å². The summed E-state index contributed by atoms with van der Waals surface area (Å²) < 4.78 is 20.7. The van der Waals surface area contributed by atoms with Crippen LogP contribution in [-0.4, -0.2) is 47.9 Å². The van der Waals surface area contributed by atoms with Crippen LogP contribution in [0.3, 0.4) is 0 Å². The molecule has 9 heteroatoms. The molecule has 208 valence electrons. The maximum absolute atomic E-state index is 12.9. The summed E-state index contributed by atoms with van der Waals surface area (Å²) in [6.45, 7) is 9.03. The second-order valence-corrected chi connectivity index (χ2v) is 10.6. The van der Waals surface area contributed by atoms with Crippen molar-refractivity contribution in [1.82, 2.24) is 9.13 Å². The maximum Gasteiger partial charge on any atom is 0.437 e. The summed E-state index contributed by atoms with van der Waals surface area (Å²) in [5.74, 6) is 0.371. The number of hydrogen-bond acceptors (Lipinski definition) is 5. The number of esters is 1. The molecule has 0 atom stereocenters. The van der Waals surface area contributed by atoms with Crippen LogP contribution in [-0.2, 0) is 32.1 Å². The van der Waals surface area contributed by atoms with Gasteiger partial charge in [-0.15, -0.1) is 4.99 Å². The molecule has 0 bridgehead atoms. The lowest BCUT2D eigenvalue weighted by molar-refractivity contribution is -0.138. The smallest absolute Gasteiger partial charge is 0.437 e. The van der Waals surface area contributed by atoms with Crippen molar-refractivity contribution in [2.75, 3.05) is 13.2 Å². The summed E-state index contributed by atoms with van der Waals surface area (Å²) in [5.41, 5.74) is 3.97. The lowest BCUT2D eigenvalue weighted by atomic mass is 9.94. The first-order valence-electron chi connectivity index (χ1n) is 13.7. The summed E-state index contributed by atoms with van der Waals surface area (Å²) in [5, 5.41) is 0. The van der Waals surface area contributed by atoms with Crippen LogP contribution in [0.2, 0.25) is 0 Å². The SMILES string of the molecule is [B]c1cccc(Cn2c(=NC(=O)OC(C)(C)C)n(CCCOC3=CCCC(C(=O)OCC)=C3)c3ccccc32)c1. The second kappa shape index (κ2) is 12.9. The molecule has 0 fully saturated rings. The molecule has 1 aromatic heterocycles. The van der Waals surface area contributed by atoms with E-state index in [1.165, 1.54) is 0 Å². The minimum atomic E-state index is -0.673. The molecule has 0 saturated carbocycles. The van der Waals surface area contributed by atoms with Gasteiger partial charge in [-0.2, -0.15) is 0 Å². The number of rotatable bonds is 9. The van der Waals surface area contributed by atoms with E-state index >= 15 is 0 Å². The zero-order chi connectivity index (χ0) is 28.7. The van der Waals surface area contributed by atoms with Gasteiger partial charge in [0.25, 0.3) is 0 Å². The molecule has 2 aromatic carbocycles. The van der Waals surface area contributed by atoms with E-state index in [9.17, 15) is 9.59 Å². The first kappa shape index (κ1) is 29.0. The fourth-order valence-corrected chi connectivity index (χ4v) is 4.59. The van der Waals surface area contributed by atoms with Gasteiger partial charge < -0.3 is 23.3 Å². The van der Waals surface area contributed by atoms with Gasteiger partial charge in [-0.05, 0) is 76.8 Å². The van der Waals surface area contributed by atoms with Crippen LogP contribution in [0.4, 0.5) is 4.79 Å². The topological polar surface area (TPSA) is 84.0 Å². The molecule has 0 spiro atoms. The molecule has 0 saturated heterocycles. The van der Waals surface area contributed by atoms with Gasteiger partial charge in [0.05, 0.1) is 30.8 Å². The van der Waals surface area contributed by atoms with Crippen LogP contribution in [0.1, 0.15) is 52.5 Å². The Morgan fingerprint density at radius 2 is 1.80 bits per heavy atom. The van der Waals surface area contributed by atoms with E-state index in [2.05, 4.69) is 4.99 Å². The summed E-state index contributed by atoms with van der Waals surface area (Å²) in [6.07, 6.45) is 5.10. The minimum absolute atomic E-state index is 0.298. The van der Waals surface area contributed by atoms with Gasteiger partial charge in [-0.25, -0.2) is 9.59 Å². The molecule has 2 radical (unpaired) electrons. The summed E-state index contributed by atoms with van der Waals surface area (Å²) >= 11 is 0. The molecular formula is C31H36BN3O5. The van der Waals surface area contributed by atoms with Crippen molar-refractivity contribution in [3.63, 3.8) is 0 Å². The Bertz CT molecular complexity index is 1510. The van der Waals surface area contributed by atoms with Gasteiger partial charge in [-0.1, -0.05) is 41.9 Å². The largest absolute Gasteiger partial charge is 0.494 e. The second-order valence-electron chi connectivity index (χ2n) is 10.6. The average Bonchev–Trinajstić information content (AvgIpc) is 3.17. The lowest BCUT2D eigenvalue weighted by Gasteiger charge is -2.17. The van der Waals surface area contributed by atoms with Crippen molar-refractivity contribution in [2.24, 2.45) is 4.99 Å². The first-order valence-corrected chi connectivity index (χ1v) is 13.7. The third-order valence-corrected chi connectivity index (χ3v) is 6.23. The Labute approximate surface area is 236 Å². The zero-order valence-electron chi connectivity index (χ0n) is 23.7. The number of aromatic nitrogens is 2. The van der Waals surface area contributed by atoms with Crippen LogP contribution in [0.15, 0.2) is 77.0 Å². The van der Waals surface area contributed by atoms with E-state index in [1.54, 1.807) is 13.0 Å². The van der Waals surface area contributed by atoms with E-state index in [-0.39, 0.29) is 5.97 Å². The monoisotopic (exact) mass is 541 g/mol. The highest BCUT2D eigenvalue weighted by atomic mass is 16.6. The van der Waals surface area contributed by atoms with Gasteiger partial charge in [-0.3, -0.25) is 0 Å². The molecule has 0 aliphatic heterocycles. The highest BCUT2D eigenvalue weighted by molar-refractivity contribution is 6.32. The van der Waals surface area contributed by atoms with Crippen LogP contribution >= 0.6 is 0 Å². The van der Waals surface area contributed by atoms with Gasteiger partial charge in [0.15, 0.2) is 0 Å². The van der Waals surface area contributed by atoms with Crippen LogP contribution in [0, 0.1) is 0 Å². The molecule has 1 amide bonds. The van der Waals surface area contributed by atoms with Crippen molar-refractivity contribution >= 4 is 36.4 Å². The zero-order valence-corrected chi connectivity index (χ0v) is 23.7. The summed E-state index contributed by atoms with van der Waals surface area (Å²) in [6, 6.07) is 15.6. The molecule has 3 aromatic rings. The number of amides is 1. The molecule has 0 unspecified atom stereocenters. The number of carbonyl (C=O) groups is 2. The maximum atomic E-state index is 12.9. The van der Waals surface area contributed by atoms with Crippen LogP contribution in [0.25, 0.3) is 11.0 Å². The molecular weight excluding hydrogens is 505 g/mol. The molecule has 8 nitrogen and oxygen atoms in total. The first-order chi connectivity index (χ1) is 19.1. The van der Waals surface area contributed by atoms with Crippen molar-refractivity contribution < 1.29 is 23.8 Å². The molecule has 0 N–H and O–H groups in total. The average molecular weight is 541 g/mol. The number of hydrogen-bond donors (Lipinski definition) is 0. The standard InChI is InChI=1S/C31H36BN3O5/c1-5-38-28(36)23-12-9-14-25(20-23)39-18-10-17-34-26-15-6-7-16-27(26)35(21-22-11-8-13-24(32)19-22)29(34)33-30(37)40-31(2,3)4/h6-8,11,13-16,19-20H,5,9-10,12,17-18,21H2,1-4H3. The molecule has 4 rings (SSSR count). The fraction of sp³-hybridized carbons (Fsp3) is 0.387. The normalized spacial score (nSPS) is 14.1. The van der Waals surface area contributed by atoms with Gasteiger partial charge >= 0.3 is 12.1 Å². The number of imidazole rings is 1. The minimum Gasteiger partial charge on any atom is -0.494 e. The van der Waals surface area contributed by atoms with E-state index < -0.39 is 11.7 Å². The molecule has 1 aliphatic carbocycles. The van der Waals surface area contributed by atoms with Gasteiger partial charge in [0.2, 0.25) is 5.62 Å². The van der Waals surface area contributed by atoms with E-state index in [0.717, 1.165) is 23.0 Å². The van der Waals surface area contributed by atoms with Crippen molar-refractivity contribution in [3.05, 3.63) is 83.2 Å². The van der Waals surface area contributed by atoms with E-state index in [4.69, 9.17) is 22.1 Å². The summed E-state index contributed by atoms with van der Waals surface area (Å²) in [7, 11) is 6.04. The Morgan fingerprint density at radius 1 is 1.05 bits per heavy atom. The number of aryl methyl sites for hydroxylation is 1. The number of allylic oxidation sites excluding steroid dienone is 2. The predicted octanol–water partition coefficient (Wildman–Crippen LogP) is 4.69. The quantitative estimate of drug-likeness (QED) is 0.223. The van der Waals surface area contributed by atoms with Gasteiger partial charge in [0.1, 0.15) is 19.2 Å². The van der Waals surface area contributed by atoms with Crippen molar-refractivity contribution in [3.8, 4) is 0 Å². The summed E-state index contributed by atoms with van der Waals surface area (Å²) in [4.78, 5) is 29.4. The fourth-order valence-electron chi connectivity index (χ4n) is 4.59. The predicted molar refractivity (Wildman–Crippen MR) is 155 cm³/mol. The van der Waals surface area contributed by atoms with E-state index in [0.29, 0.717) is 61.6 Å². The number of nitrogens with zero attached hydrogens (tertiary/aromatic N) is 3. The van der Waals surface area contributed by atoms with Crippen molar-refractivity contribution in [1.29, 1.82) is 0 Å². The number of carbonyl (C=O) groups excluding carboxylic acids is 2. The third kappa shape index (κ3) is 7.55. The number of benzene rings is 2. The number of ether oxygens (including phenoxy) is 3. The molecule has 1 heterocycles. The number of fused-ring (bicyclic) bond motifs is 1. The Morgan fingerprint density at radius 3 is 2.50 bits per heavy atom. The molecule has 40 heavy (non-hydrogen) atoms.